The van der Waals surface area contributed by atoms with Crippen molar-refractivity contribution < 1.29 is 45.6 Å². The fraction of sp³-hybridized carbons (Fsp3) is 0.400. The van der Waals surface area contributed by atoms with Crippen LogP contribution in [0, 0.1) is 0 Å². The maximum atomic E-state index is 12.7. The quantitative estimate of drug-likeness (QED) is 0.0499. The molecule has 4 aromatic carbocycles. The van der Waals surface area contributed by atoms with E-state index in [1.54, 1.807) is 60.7 Å². The molecule has 0 unspecified atom stereocenters. The van der Waals surface area contributed by atoms with Gasteiger partial charge in [0.05, 0.1) is 4.90 Å². The molecular weight excluding hydrogens is 745 g/mol. The zero-order chi connectivity index (χ0) is 38.0. The van der Waals surface area contributed by atoms with Crippen molar-refractivity contribution in [2.75, 3.05) is 0 Å². The second-order valence-electron chi connectivity index (χ2n) is 12.6. The van der Waals surface area contributed by atoms with E-state index in [2.05, 4.69) is 13.8 Å². The topological polar surface area (TPSA) is 173 Å². The zero-order valence-corrected chi connectivity index (χ0v) is 34.5. The molecule has 0 saturated heterocycles. The van der Waals surface area contributed by atoms with Crippen LogP contribution in [-0.2, 0) is 33.1 Å². The average Bonchev–Trinajstić information content (AvgIpc) is 3.11. The van der Waals surface area contributed by atoms with Gasteiger partial charge in [0.2, 0.25) is 0 Å². The molecule has 0 spiro atoms. The van der Waals surface area contributed by atoms with Crippen molar-refractivity contribution in [2.45, 2.75) is 114 Å². The minimum Gasteiger partial charge on any atom is -0.870 e. The van der Waals surface area contributed by atoms with E-state index in [0.717, 1.165) is 38.5 Å². The summed E-state index contributed by atoms with van der Waals surface area (Å²) in [6.07, 6.45) is 14.4. The van der Waals surface area contributed by atoms with Gasteiger partial charge in [0.15, 0.2) is 11.5 Å². The van der Waals surface area contributed by atoms with E-state index < -0.39 is 41.5 Å². The minimum absolute atomic E-state index is 0. The molecule has 0 aliphatic rings. The maximum Gasteiger partial charge on any atom is 2.00 e. The van der Waals surface area contributed by atoms with Gasteiger partial charge in [-0.15, -0.1) is 0 Å². The van der Waals surface area contributed by atoms with Crippen molar-refractivity contribution in [1.82, 2.24) is 0 Å². The number of para-hydroxylation sites is 2. The fourth-order valence-corrected chi connectivity index (χ4v) is 6.79. The van der Waals surface area contributed by atoms with E-state index in [1.807, 2.05) is 0 Å². The van der Waals surface area contributed by atoms with E-state index in [0.29, 0.717) is 35.5 Å². The van der Waals surface area contributed by atoms with Crippen LogP contribution in [0.4, 0.5) is 0 Å². The Morgan fingerprint density at radius 2 is 0.981 bits per heavy atom. The molecule has 0 bridgehead atoms. The number of rotatable bonds is 20. The van der Waals surface area contributed by atoms with Crippen LogP contribution in [0.2, 0.25) is 0 Å². The molecule has 0 aliphatic heterocycles. The van der Waals surface area contributed by atoms with Gasteiger partial charge in [-0.05, 0) is 67.6 Å². The number of phenols is 1. The van der Waals surface area contributed by atoms with Crippen molar-refractivity contribution in [3.8, 4) is 34.5 Å². The summed E-state index contributed by atoms with van der Waals surface area (Å²) in [6, 6.07) is 22.3. The first-order chi connectivity index (χ1) is 24.9. The van der Waals surface area contributed by atoms with Crippen molar-refractivity contribution in [3.05, 3.63) is 96.1 Å². The summed E-state index contributed by atoms with van der Waals surface area (Å²) in [5, 5.41) is 23.2. The molecule has 0 amide bonds. The molecule has 0 heterocycles. The van der Waals surface area contributed by atoms with Gasteiger partial charge in [-0.3, -0.25) is 4.55 Å². The summed E-state index contributed by atoms with van der Waals surface area (Å²) in [6.45, 7) is 4.33. The van der Waals surface area contributed by atoms with Gasteiger partial charge in [0.1, 0.15) is 32.3 Å². The van der Waals surface area contributed by atoms with E-state index in [-0.39, 0.29) is 49.2 Å². The van der Waals surface area contributed by atoms with Gasteiger partial charge < -0.3 is 24.2 Å². The molecule has 13 heteroatoms. The Labute approximate surface area is 345 Å². The van der Waals surface area contributed by atoms with Gasteiger partial charge >= 0.3 is 37.7 Å². The van der Waals surface area contributed by atoms with Crippen LogP contribution >= 0.6 is 0 Å². The van der Waals surface area contributed by atoms with Crippen molar-refractivity contribution in [2.24, 2.45) is 0 Å². The molecule has 0 fully saturated rings. The van der Waals surface area contributed by atoms with Gasteiger partial charge in [-0.1, -0.05) is 138 Å². The largest absolute Gasteiger partial charge is 2.00 e. The molecule has 10 nitrogen and oxygen atoms in total. The number of benzene rings is 4. The second-order valence-corrected chi connectivity index (χ2v) is 15.3. The third-order valence-electron chi connectivity index (χ3n) is 8.41. The van der Waals surface area contributed by atoms with Crippen LogP contribution in [0.3, 0.4) is 0 Å². The van der Waals surface area contributed by atoms with E-state index in [9.17, 15) is 36.2 Å². The molecule has 53 heavy (non-hydrogen) atoms. The number of ether oxygens (including phenoxy) is 2. The van der Waals surface area contributed by atoms with Crippen LogP contribution < -0.4 is 14.6 Å². The summed E-state index contributed by atoms with van der Waals surface area (Å²) in [5.74, 6) is -0.718. The molecule has 4 aromatic rings. The van der Waals surface area contributed by atoms with E-state index >= 15 is 0 Å². The monoisotopic (exact) mass is 794 g/mol. The number of aryl methyl sites for hydroxylation is 2. The Morgan fingerprint density at radius 3 is 1.45 bits per heavy atom. The molecule has 0 aromatic heterocycles. The number of hydrogen-bond acceptors (Lipinski definition) is 9. The van der Waals surface area contributed by atoms with E-state index in [4.69, 9.17) is 9.47 Å². The summed E-state index contributed by atoms with van der Waals surface area (Å²) >= 11 is 0. The second kappa shape index (κ2) is 23.8. The smallest absolute Gasteiger partial charge is 0.870 e. The Balaban J connectivity index is 0.000000360. The standard InChI is InChI=1S/2C20H26O5S.Ca/c2*1-2-3-4-5-6-8-11-16-14-15-18(26(22,23)24)20(19(16)21)25-17-12-9-7-10-13-17;/h2*7,9-10,12-15,21H,2-6,8,11H2,1H3,(H,22,23,24);/q;;+2/p-2. The van der Waals surface area contributed by atoms with E-state index in [1.165, 1.54) is 62.8 Å². The molecule has 0 aliphatic carbocycles. The molecular formula is C40H50CaO10S2. The molecule has 0 atom stereocenters. The summed E-state index contributed by atoms with van der Waals surface area (Å²) in [5.41, 5.74) is 1.08. The van der Waals surface area contributed by atoms with Gasteiger partial charge in [-0.25, -0.2) is 8.42 Å². The SMILES string of the molecule is CCCCCCCCc1ccc(S(=O)(=O)O)c(Oc2ccccc2)c1O.CCCCCCCCc1ccc(S(=O)(=O)[O-])c(Oc2ccccc2)c1[O-].[Ca+2]. The van der Waals surface area contributed by atoms with Gasteiger partial charge in [0.25, 0.3) is 10.1 Å². The van der Waals surface area contributed by atoms with Crippen molar-refractivity contribution in [1.29, 1.82) is 0 Å². The number of aromatic hydroxyl groups is 1. The molecule has 4 rings (SSSR count). The first-order valence-electron chi connectivity index (χ1n) is 17.9. The Morgan fingerprint density at radius 1 is 0.566 bits per heavy atom. The Bertz CT molecular complexity index is 1750. The third-order valence-corrected chi connectivity index (χ3v) is 10.1. The number of unbranched alkanes of at least 4 members (excludes halogenated alkanes) is 10. The first-order valence-corrected chi connectivity index (χ1v) is 20.8. The predicted molar refractivity (Wildman–Crippen MR) is 205 cm³/mol. The van der Waals surface area contributed by atoms with Crippen LogP contribution in [0.25, 0.3) is 0 Å². The summed E-state index contributed by atoms with van der Waals surface area (Å²) < 4.78 is 78.2. The minimum atomic E-state index is -4.80. The Hall–Kier alpha value is -2.84. The summed E-state index contributed by atoms with van der Waals surface area (Å²) in [4.78, 5) is -1.05. The van der Waals surface area contributed by atoms with Gasteiger partial charge in [0, 0.05) is 0 Å². The summed E-state index contributed by atoms with van der Waals surface area (Å²) in [7, 11) is -9.32. The predicted octanol–water partition coefficient (Wildman–Crippen LogP) is 9.31. The first kappa shape index (κ1) is 46.3. The third kappa shape index (κ3) is 15.8. The molecule has 2 N–H and O–H groups in total. The molecule has 284 valence electrons. The van der Waals surface area contributed by atoms with Crippen LogP contribution in [0.15, 0.2) is 94.7 Å². The van der Waals surface area contributed by atoms with Gasteiger partial charge in [-0.2, -0.15) is 8.42 Å². The van der Waals surface area contributed by atoms with Crippen LogP contribution in [0.1, 0.15) is 102 Å². The number of phenolic OH excluding ortho intramolecular Hbond substituents is 1. The molecule has 0 saturated carbocycles. The Kier molecular flexibility index (Phi) is 20.8. The van der Waals surface area contributed by atoms with Crippen molar-refractivity contribution in [3.63, 3.8) is 0 Å². The zero-order valence-electron chi connectivity index (χ0n) is 30.7. The fourth-order valence-electron chi connectivity index (χ4n) is 5.58. The number of hydrogen-bond donors (Lipinski definition) is 2. The normalized spacial score (nSPS) is 11.2. The van der Waals surface area contributed by atoms with Crippen LogP contribution in [0.5, 0.6) is 34.5 Å². The van der Waals surface area contributed by atoms with Crippen LogP contribution in [-0.4, -0.2) is 68.8 Å². The average molecular weight is 795 g/mol. The van der Waals surface area contributed by atoms with Crippen molar-refractivity contribution >= 4 is 58.0 Å². The maximum absolute atomic E-state index is 12.7. The molecule has 0 radical (unpaired) electrons.